The van der Waals surface area contributed by atoms with Crippen LogP contribution >= 0.6 is 22.7 Å². The molecule has 0 aliphatic carbocycles. The van der Waals surface area contributed by atoms with E-state index in [1.54, 1.807) is 6.07 Å². The van der Waals surface area contributed by atoms with Gasteiger partial charge in [-0.15, -0.1) is 22.7 Å². The molecule has 0 bridgehead atoms. The van der Waals surface area contributed by atoms with Gasteiger partial charge in [-0.2, -0.15) is 9.69 Å². The molecular formula is C18F4N6S2. The summed E-state index contributed by atoms with van der Waals surface area (Å²) in [4.78, 5) is 16.3. The number of halogens is 4. The SMILES string of the molecule is [C-]#[N+]C([N+]#[C-])=c1nc2c(F)c3c(F)c(F)c4n/c(=C(\C#N)[N+]#[C-])sc4c3c(F)c2s1. The zero-order valence-electron chi connectivity index (χ0n) is 14.0. The number of aromatic nitrogens is 2. The van der Waals surface area contributed by atoms with E-state index in [-0.39, 0.29) is 14.0 Å². The molecule has 0 radical (unpaired) electrons. The number of thiazole rings is 2. The Balaban J connectivity index is 2.37. The molecule has 0 saturated heterocycles. The molecule has 0 unspecified atom stereocenters. The average Bonchev–Trinajstić information content (AvgIpc) is 3.37. The maximum absolute atomic E-state index is 15.3. The van der Waals surface area contributed by atoms with E-state index < -0.39 is 61.3 Å². The van der Waals surface area contributed by atoms with Gasteiger partial charge in [0.2, 0.25) is 4.66 Å². The Hall–Kier alpha value is -4.10. The van der Waals surface area contributed by atoms with Gasteiger partial charge in [0.05, 0.1) is 27.4 Å². The van der Waals surface area contributed by atoms with Crippen molar-refractivity contribution in [2.24, 2.45) is 0 Å². The van der Waals surface area contributed by atoms with Crippen LogP contribution in [0.1, 0.15) is 0 Å². The van der Waals surface area contributed by atoms with Crippen molar-refractivity contribution in [1.82, 2.24) is 9.97 Å². The third kappa shape index (κ3) is 2.42. The molecule has 0 fully saturated rings. The lowest BCUT2D eigenvalue weighted by molar-refractivity contribution is 0.518. The fraction of sp³-hybridized carbons (Fsp3) is 0. The van der Waals surface area contributed by atoms with Gasteiger partial charge in [-0.3, -0.25) is 0 Å². The van der Waals surface area contributed by atoms with E-state index in [1.165, 1.54) is 0 Å². The highest BCUT2D eigenvalue weighted by Gasteiger charge is 2.28. The molecule has 0 atom stereocenters. The fourth-order valence-electron chi connectivity index (χ4n) is 2.78. The molecule has 0 N–H and O–H groups in total. The van der Waals surface area contributed by atoms with Gasteiger partial charge in [0.25, 0.3) is 5.70 Å². The topological polar surface area (TPSA) is 62.6 Å². The summed E-state index contributed by atoms with van der Waals surface area (Å²) in [5, 5.41) is 7.36. The first-order valence-electron chi connectivity index (χ1n) is 7.53. The van der Waals surface area contributed by atoms with E-state index in [4.69, 9.17) is 25.0 Å². The molecule has 30 heavy (non-hydrogen) atoms. The molecule has 4 aromatic rings. The minimum absolute atomic E-state index is 0.265. The van der Waals surface area contributed by atoms with E-state index >= 15 is 8.78 Å². The highest BCUT2D eigenvalue weighted by Crippen LogP contribution is 2.39. The zero-order chi connectivity index (χ0) is 21.7. The Bertz CT molecular complexity index is 1710. The van der Waals surface area contributed by atoms with Gasteiger partial charge in [0.1, 0.15) is 28.8 Å². The number of rotatable bonds is 0. The van der Waals surface area contributed by atoms with Crippen LogP contribution in [0.2, 0.25) is 0 Å². The Morgan fingerprint density at radius 2 is 1.37 bits per heavy atom. The average molecular weight is 440 g/mol. The van der Waals surface area contributed by atoms with Crippen molar-refractivity contribution in [2.75, 3.05) is 0 Å². The third-order valence-corrected chi connectivity index (χ3v) is 6.14. The van der Waals surface area contributed by atoms with Crippen LogP contribution in [0.3, 0.4) is 0 Å². The number of hydrogen-bond donors (Lipinski definition) is 0. The van der Waals surface area contributed by atoms with Crippen molar-refractivity contribution in [1.29, 1.82) is 5.26 Å². The van der Waals surface area contributed by atoms with E-state index in [2.05, 4.69) is 24.5 Å². The van der Waals surface area contributed by atoms with Gasteiger partial charge >= 0.3 is 5.82 Å². The lowest BCUT2D eigenvalue weighted by atomic mass is 10.1. The predicted octanol–water partition coefficient (Wildman–Crippen LogP) is 4.07. The molecule has 0 aliphatic rings. The van der Waals surface area contributed by atoms with Gasteiger partial charge in [-0.05, 0) is 0 Å². The third-order valence-electron chi connectivity index (χ3n) is 4.02. The second-order valence-corrected chi connectivity index (χ2v) is 7.52. The summed E-state index contributed by atoms with van der Waals surface area (Å²) in [5.74, 6) is -6.30. The molecule has 0 amide bonds. The van der Waals surface area contributed by atoms with E-state index in [0.29, 0.717) is 22.7 Å². The molecule has 6 nitrogen and oxygen atoms in total. The second-order valence-electron chi connectivity index (χ2n) is 5.52. The van der Waals surface area contributed by atoms with Gasteiger partial charge in [-0.1, -0.05) is 0 Å². The van der Waals surface area contributed by atoms with Crippen molar-refractivity contribution < 1.29 is 17.6 Å². The largest absolute Gasteiger partial charge is 0.555 e. The van der Waals surface area contributed by atoms with Crippen LogP contribution in [0.15, 0.2) is 0 Å². The standard InChI is InChI=1S/C18F4N6S2/c1-24-5(4-23)17-27-13-11(22)8(19)6-7(14(13)29-17)10(21)15-12(9(6)20)28-18(30-15)16(25-2)26-3/b17-5-. The molecule has 12 heteroatoms. The second kappa shape index (κ2) is 6.75. The Kier molecular flexibility index (Phi) is 4.33. The number of nitriles is 1. The summed E-state index contributed by atoms with van der Waals surface area (Å²) >= 11 is 1.07. The van der Waals surface area contributed by atoms with Gasteiger partial charge < -0.3 is 0 Å². The molecule has 4 rings (SSSR count). The fourth-order valence-corrected chi connectivity index (χ4v) is 4.76. The van der Waals surface area contributed by atoms with Crippen LogP contribution in [0.4, 0.5) is 17.6 Å². The maximum atomic E-state index is 15.3. The summed E-state index contributed by atoms with van der Waals surface area (Å²) in [6.07, 6.45) is 0. The van der Waals surface area contributed by atoms with Crippen molar-refractivity contribution in [3.63, 3.8) is 0 Å². The lowest BCUT2D eigenvalue weighted by Gasteiger charge is -2.06. The quantitative estimate of drug-likeness (QED) is 0.306. The Morgan fingerprint density at radius 3 is 1.97 bits per heavy atom. The lowest BCUT2D eigenvalue weighted by Crippen LogP contribution is -2.01. The monoisotopic (exact) mass is 440 g/mol. The first-order chi connectivity index (χ1) is 14.4. The summed E-state index contributed by atoms with van der Waals surface area (Å²) in [7, 11) is 0. The predicted molar refractivity (Wildman–Crippen MR) is 102 cm³/mol. The highest BCUT2D eigenvalue weighted by molar-refractivity contribution is 7.18. The van der Waals surface area contributed by atoms with E-state index in [1.807, 2.05) is 0 Å². The van der Waals surface area contributed by atoms with Crippen LogP contribution < -0.4 is 9.33 Å². The summed E-state index contributed by atoms with van der Waals surface area (Å²) in [5.41, 5.74) is -1.80. The van der Waals surface area contributed by atoms with Crippen molar-refractivity contribution >= 4 is 65.4 Å². The normalized spacial score (nSPS) is 11.7. The van der Waals surface area contributed by atoms with Crippen LogP contribution in [0.5, 0.6) is 0 Å². The first-order valence-corrected chi connectivity index (χ1v) is 9.17. The molecule has 2 heterocycles. The Labute approximate surface area is 171 Å². The molecule has 0 spiro atoms. The molecular weight excluding hydrogens is 440 g/mol. The van der Waals surface area contributed by atoms with Crippen LogP contribution in [-0.2, 0) is 0 Å². The van der Waals surface area contributed by atoms with Crippen molar-refractivity contribution in [2.45, 2.75) is 0 Å². The molecule has 2 aromatic heterocycles. The van der Waals surface area contributed by atoms with Crippen molar-refractivity contribution in [3.05, 3.63) is 66.8 Å². The summed E-state index contributed by atoms with van der Waals surface area (Å²) in [6, 6.07) is 1.55. The highest BCUT2D eigenvalue weighted by atomic mass is 32.1. The summed E-state index contributed by atoms with van der Waals surface area (Å²) < 4.78 is 58.5. The molecule has 142 valence electrons. The van der Waals surface area contributed by atoms with E-state index in [0.717, 1.165) is 0 Å². The minimum atomic E-state index is -1.71. The molecule has 0 aliphatic heterocycles. The number of hydrogen-bond acceptors (Lipinski definition) is 5. The van der Waals surface area contributed by atoms with Gasteiger partial charge in [0.15, 0.2) is 23.3 Å². The van der Waals surface area contributed by atoms with Crippen LogP contribution in [-0.4, -0.2) is 9.97 Å². The zero-order valence-corrected chi connectivity index (χ0v) is 15.6. The van der Waals surface area contributed by atoms with E-state index in [9.17, 15) is 8.78 Å². The van der Waals surface area contributed by atoms with Crippen LogP contribution in [0.25, 0.3) is 57.3 Å². The molecule has 2 aromatic carbocycles. The number of benzene rings is 2. The number of nitrogens with zero attached hydrogens (tertiary/aromatic N) is 6. The maximum Gasteiger partial charge on any atom is 0.555 e. The molecule has 0 saturated carbocycles. The van der Waals surface area contributed by atoms with Gasteiger partial charge in [-0.25, -0.2) is 37.6 Å². The van der Waals surface area contributed by atoms with Crippen LogP contribution in [0, 0.1) is 54.3 Å². The first kappa shape index (κ1) is 19.2. The summed E-state index contributed by atoms with van der Waals surface area (Å²) in [6.45, 7) is 20.9. The Morgan fingerprint density at radius 1 is 0.767 bits per heavy atom. The smallest absolute Gasteiger partial charge is 0.244 e. The number of fused-ring (bicyclic) bond motifs is 4. The minimum Gasteiger partial charge on any atom is -0.244 e. The van der Waals surface area contributed by atoms with Crippen molar-refractivity contribution in [3.8, 4) is 6.07 Å². The van der Waals surface area contributed by atoms with Gasteiger partial charge in [0, 0.05) is 5.39 Å².